The Morgan fingerprint density at radius 1 is 0.365 bits per heavy atom. The minimum atomic E-state index is -0.0101. The molecule has 0 spiro atoms. The van der Waals surface area contributed by atoms with Gasteiger partial charge in [0.25, 0.3) is 6.71 Å². The lowest BCUT2D eigenvalue weighted by molar-refractivity contribution is 1.13. The van der Waals surface area contributed by atoms with Crippen LogP contribution in [0.4, 0.5) is 0 Å². The minimum Gasteiger partial charge on any atom is -0.310 e. The molecule has 3 aliphatic rings. The summed E-state index contributed by atoms with van der Waals surface area (Å²) in [7, 11) is 0. The van der Waals surface area contributed by atoms with E-state index in [1.807, 2.05) is 0 Å². The fourth-order valence-corrected chi connectivity index (χ4v) is 12.6. The van der Waals surface area contributed by atoms with Gasteiger partial charge in [-0.2, -0.15) is 0 Å². The van der Waals surface area contributed by atoms with E-state index >= 15 is 0 Å². The molecule has 0 saturated heterocycles. The highest BCUT2D eigenvalue weighted by molar-refractivity contribution is 7.00. The second-order valence-electron chi connectivity index (χ2n) is 18.1. The van der Waals surface area contributed by atoms with Crippen LogP contribution in [0.5, 0.6) is 0 Å². The average molecular weight is 796 g/mol. The number of para-hydroxylation sites is 1. The van der Waals surface area contributed by atoms with Gasteiger partial charge in [-0.15, -0.1) is 0 Å². The summed E-state index contributed by atoms with van der Waals surface area (Å²) in [6.45, 7) is 2.28. The third-order valence-electron chi connectivity index (χ3n) is 14.9. The molecule has 0 saturated carbocycles. The molecule has 0 atom stereocenters. The van der Waals surface area contributed by atoms with Crippen molar-refractivity contribution in [1.82, 2.24) is 13.7 Å². The lowest BCUT2D eigenvalue weighted by Crippen LogP contribution is -2.59. The maximum Gasteiger partial charge on any atom is 0.252 e. The quantitative estimate of drug-likeness (QED) is 0.158. The molecule has 1 aliphatic carbocycles. The fourth-order valence-electron chi connectivity index (χ4n) is 12.6. The predicted molar refractivity (Wildman–Crippen MR) is 266 cm³/mol. The van der Waals surface area contributed by atoms with Crippen molar-refractivity contribution in [1.29, 1.82) is 0 Å². The van der Waals surface area contributed by atoms with Crippen LogP contribution in [-0.2, 0) is 0 Å². The van der Waals surface area contributed by atoms with E-state index in [9.17, 15) is 0 Å². The minimum absolute atomic E-state index is 0.0101. The van der Waals surface area contributed by atoms with E-state index in [-0.39, 0.29) is 6.71 Å². The Kier molecular flexibility index (Phi) is 5.83. The molecule has 3 aromatic heterocycles. The van der Waals surface area contributed by atoms with Crippen molar-refractivity contribution in [2.24, 2.45) is 0 Å². The molecular formula is C59H34BN3. The van der Waals surface area contributed by atoms with Crippen LogP contribution < -0.4 is 16.4 Å². The van der Waals surface area contributed by atoms with Gasteiger partial charge in [-0.1, -0.05) is 127 Å². The maximum atomic E-state index is 2.67. The van der Waals surface area contributed by atoms with Crippen LogP contribution >= 0.6 is 0 Å². The summed E-state index contributed by atoms with van der Waals surface area (Å²) < 4.78 is 7.83. The predicted octanol–water partition coefficient (Wildman–Crippen LogP) is 12.9. The SMILES string of the molecule is Cc1cc2c3c(c1)-n1c4ccc5cccc6c5c4c4c5c7c-6cccc7n(-c6ccccc6)c5cc(c41)B3c1cc(-c3ccccc3)cc3c4cc(-c5ccccc5)ccc4n-2c13. The molecule has 0 fully saturated rings. The second-order valence-corrected chi connectivity index (χ2v) is 18.1. The van der Waals surface area contributed by atoms with E-state index in [0.29, 0.717) is 0 Å². The van der Waals surface area contributed by atoms with Gasteiger partial charge in [0.05, 0.1) is 27.6 Å². The van der Waals surface area contributed by atoms with E-state index in [1.54, 1.807) is 0 Å². The van der Waals surface area contributed by atoms with E-state index in [0.717, 1.165) is 0 Å². The highest BCUT2D eigenvalue weighted by Crippen LogP contribution is 2.52. The zero-order chi connectivity index (χ0) is 40.8. The van der Waals surface area contributed by atoms with Crippen molar-refractivity contribution in [2.75, 3.05) is 0 Å². The normalized spacial score (nSPS) is 13.1. The van der Waals surface area contributed by atoms with Crippen LogP contribution in [0, 0.1) is 6.92 Å². The van der Waals surface area contributed by atoms with Gasteiger partial charge in [0.1, 0.15) is 0 Å². The number of hydrogen-bond acceptors (Lipinski definition) is 0. The van der Waals surface area contributed by atoms with Crippen molar-refractivity contribution in [2.45, 2.75) is 6.92 Å². The first-order chi connectivity index (χ1) is 31.2. The molecule has 288 valence electrons. The summed E-state index contributed by atoms with van der Waals surface area (Å²) in [6.07, 6.45) is 0. The molecule has 16 rings (SSSR count). The molecule has 13 aromatic rings. The second kappa shape index (κ2) is 11.2. The topological polar surface area (TPSA) is 14.8 Å². The van der Waals surface area contributed by atoms with Crippen LogP contribution in [0.3, 0.4) is 0 Å². The van der Waals surface area contributed by atoms with Gasteiger partial charge in [-0.3, -0.25) is 0 Å². The number of nitrogens with zero attached hydrogens (tertiary/aromatic N) is 3. The number of aryl methyl sites for hydroxylation is 1. The molecule has 5 heterocycles. The van der Waals surface area contributed by atoms with Gasteiger partial charge in [0, 0.05) is 54.9 Å². The van der Waals surface area contributed by atoms with Gasteiger partial charge in [-0.25, -0.2) is 0 Å². The fraction of sp³-hybridized carbons (Fsp3) is 0.0169. The van der Waals surface area contributed by atoms with Crippen molar-refractivity contribution >= 4 is 99.3 Å². The maximum absolute atomic E-state index is 2.67. The van der Waals surface area contributed by atoms with Crippen LogP contribution in [0.15, 0.2) is 188 Å². The Balaban J connectivity index is 1.15. The molecule has 0 radical (unpaired) electrons. The smallest absolute Gasteiger partial charge is 0.252 e. The molecule has 2 aliphatic heterocycles. The van der Waals surface area contributed by atoms with E-state index < -0.39 is 0 Å². The number of aromatic nitrogens is 3. The van der Waals surface area contributed by atoms with E-state index in [1.165, 1.54) is 149 Å². The van der Waals surface area contributed by atoms with Gasteiger partial charge in [0.2, 0.25) is 0 Å². The summed E-state index contributed by atoms with van der Waals surface area (Å²) in [5.74, 6) is 0. The molecular weight excluding hydrogens is 761 g/mol. The molecule has 0 unspecified atom stereocenters. The first-order valence-corrected chi connectivity index (χ1v) is 22.1. The van der Waals surface area contributed by atoms with Gasteiger partial charge in [0.15, 0.2) is 0 Å². The third kappa shape index (κ3) is 3.87. The monoisotopic (exact) mass is 795 g/mol. The molecule has 0 N–H and O–H groups in total. The largest absolute Gasteiger partial charge is 0.310 e. The summed E-state index contributed by atoms with van der Waals surface area (Å²) >= 11 is 0. The Hall–Kier alpha value is -8.08. The van der Waals surface area contributed by atoms with E-state index in [4.69, 9.17) is 0 Å². The third-order valence-corrected chi connectivity index (χ3v) is 14.9. The Labute approximate surface area is 362 Å². The van der Waals surface area contributed by atoms with Crippen molar-refractivity contribution in [3.63, 3.8) is 0 Å². The standard InChI is InChI=1S/C59H34BN3/c1-33-27-50-57-51(28-33)63-48-26-23-36-17-11-20-40-41-21-12-22-47-53(41)55-49(61(47)39-18-9-4-10-19-39)32-45(59(63)56(55)54(48)52(36)40)60(57)44-31-38(35-15-7-3-8-16-35)30-43-42-29-37(34-13-5-2-6-14-34)24-25-46(42)62(50)58(43)44/h2-32H,1H3. The number of fused-ring (bicyclic) bond motifs is 9. The molecule has 0 amide bonds. The van der Waals surface area contributed by atoms with Crippen molar-refractivity contribution in [3.8, 4) is 50.4 Å². The van der Waals surface area contributed by atoms with Crippen LogP contribution in [0.1, 0.15) is 5.56 Å². The zero-order valence-corrected chi connectivity index (χ0v) is 34.3. The lowest BCUT2D eigenvalue weighted by Gasteiger charge is -2.34. The summed E-state index contributed by atoms with van der Waals surface area (Å²) in [5.41, 5.74) is 24.4. The van der Waals surface area contributed by atoms with Crippen LogP contribution in [-0.4, -0.2) is 20.4 Å². The van der Waals surface area contributed by atoms with Gasteiger partial charge in [-0.05, 0) is 134 Å². The van der Waals surface area contributed by atoms with Crippen LogP contribution in [0.25, 0.3) is 127 Å². The summed E-state index contributed by atoms with van der Waals surface area (Å²) in [6, 6.07) is 71.2. The average Bonchev–Trinajstić information content (AvgIpc) is 3.95. The number of benzene rings is 10. The highest BCUT2D eigenvalue weighted by atomic mass is 15.0. The van der Waals surface area contributed by atoms with Crippen LogP contribution in [0.2, 0.25) is 0 Å². The zero-order valence-electron chi connectivity index (χ0n) is 34.3. The summed E-state index contributed by atoms with van der Waals surface area (Å²) in [4.78, 5) is 0. The lowest BCUT2D eigenvalue weighted by atomic mass is 9.34. The number of rotatable bonds is 3. The number of hydrogen-bond donors (Lipinski definition) is 0. The first-order valence-electron chi connectivity index (χ1n) is 22.1. The van der Waals surface area contributed by atoms with E-state index in [2.05, 4.69) is 209 Å². The molecule has 3 nitrogen and oxygen atoms in total. The molecule has 0 bridgehead atoms. The molecule has 63 heavy (non-hydrogen) atoms. The van der Waals surface area contributed by atoms with Crippen molar-refractivity contribution < 1.29 is 0 Å². The summed E-state index contributed by atoms with van der Waals surface area (Å²) in [5, 5.41) is 10.7. The van der Waals surface area contributed by atoms with Crippen molar-refractivity contribution in [3.05, 3.63) is 194 Å². The van der Waals surface area contributed by atoms with Gasteiger partial charge >= 0.3 is 0 Å². The highest BCUT2D eigenvalue weighted by Gasteiger charge is 2.43. The Morgan fingerprint density at radius 3 is 1.76 bits per heavy atom. The molecule has 10 aromatic carbocycles. The Bertz CT molecular complexity index is 4250. The Morgan fingerprint density at radius 2 is 0.984 bits per heavy atom. The molecule has 4 heteroatoms. The van der Waals surface area contributed by atoms with Gasteiger partial charge < -0.3 is 13.7 Å². The first kappa shape index (κ1) is 32.7.